The van der Waals surface area contributed by atoms with Crippen molar-refractivity contribution >= 4 is 21.4 Å². The zero-order chi connectivity index (χ0) is 16.3. The molecule has 0 unspecified atom stereocenters. The van der Waals surface area contributed by atoms with Gasteiger partial charge >= 0.3 is 0 Å². The summed E-state index contributed by atoms with van der Waals surface area (Å²) >= 11 is 0. The number of rotatable bonds is 4. The second kappa shape index (κ2) is 6.27. The van der Waals surface area contributed by atoms with Crippen LogP contribution in [0.5, 0.6) is 0 Å². The van der Waals surface area contributed by atoms with E-state index in [0.717, 1.165) is 6.26 Å². The first-order valence-electron chi connectivity index (χ1n) is 6.70. The normalized spacial score (nSPS) is 11.2. The van der Waals surface area contributed by atoms with Crippen LogP contribution in [-0.2, 0) is 9.84 Å². The second-order valence-electron chi connectivity index (χ2n) is 4.82. The summed E-state index contributed by atoms with van der Waals surface area (Å²) in [4.78, 5) is 14.2. The van der Waals surface area contributed by atoms with E-state index in [1.54, 1.807) is 0 Å². The first kappa shape index (κ1) is 16.2. The summed E-state index contributed by atoms with van der Waals surface area (Å²) in [6.45, 7) is 2.23. The number of carbonyl (C=O) groups is 1. The molecule has 2 rings (SSSR count). The Hall–Kier alpha value is -2.21. The van der Waals surface area contributed by atoms with Gasteiger partial charge in [0.2, 0.25) is 0 Å². The minimum Gasteiger partial charge on any atom is -0.309 e. The maximum absolute atomic E-state index is 13.0. The Kier molecular flexibility index (Phi) is 4.61. The highest BCUT2D eigenvalue weighted by Gasteiger charge is 2.17. The van der Waals surface area contributed by atoms with E-state index in [4.69, 9.17) is 0 Å². The minimum absolute atomic E-state index is 0.161. The predicted octanol–water partition coefficient (Wildman–Crippen LogP) is 2.90. The Morgan fingerprint density at radius 2 is 1.59 bits per heavy atom. The standard InChI is InChI=1S/C16H16FNO3S/c1-3-18(14-8-6-13(17)7-9-14)16(19)12-4-10-15(11-5-12)22(2,20)21/h4-11H,3H2,1-2H3. The second-order valence-corrected chi connectivity index (χ2v) is 6.84. The number of hydrogen-bond acceptors (Lipinski definition) is 3. The Morgan fingerprint density at radius 3 is 2.05 bits per heavy atom. The lowest BCUT2D eigenvalue weighted by molar-refractivity contribution is 0.0988. The van der Waals surface area contributed by atoms with Crippen molar-refractivity contribution in [3.8, 4) is 0 Å². The van der Waals surface area contributed by atoms with Crippen LogP contribution in [0, 0.1) is 5.82 Å². The van der Waals surface area contributed by atoms with Crippen LogP contribution in [0.4, 0.5) is 10.1 Å². The van der Waals surface area contributed by atoms with E-state index in [9.17, 15) is 17.6 Å². The fourth-order valence-corrected chi connectivity index (χ4v) is 2.70. The van der Waals surface area contributed by atoms with Gasteiger partial charge in [0.25, 0.3) is 5.91 Å². The molecule has 0 saturated heterocycles. The van der Waals surface area contributed by atoms with E-state index in [0.29, 0.717) is 17.8 Å². The maximum atomic E-state index is 13.0. The molecule has 0 saturated carbocycles. The van der Waals surface area contributed by atoms with Crippen molar-refractivity contribution < 1.29 is 17.6 Å². The van der Waals surface area contributed by atoms with Crippen molar-refractivity contribution in [2.24, 2.45) is 0 Å². The molecule has 0 fully saturated rings. The molecule has 6 heteroatoms. The van der Waals surface area contributed by atoms with Crippen LogP contribution >= 0.6 is 0 Å². The molecular weight excluding hydrogens is 305 g/mol. The number of amides is 1. The third-order valence-corrected chi connectivity index (χ3v) is 4.36. The number of hydrogen-bond donors (Lipinski definition) is 0. The van der Waals surface area contributed by atoms with Crippen LogP contribution in [0.2, 0.25) is 0 Å². The van der Waals surface area contributed by atoms with Crippen molar-refractivity contribution in [2.75, 3.05) is 17.7 Å². The summed E-state index contributed by atoms with van der Waals surface area (Å²) in [6.07, 6.45) is 1.11. The first-order valence-corrected chi connectivity index (χ1v) is 8.59. The smallest absolute Gasteiger partial charge is 0.258 e. The van der Waals surface area contributed by atoms with Crippen molar-refractivity contribution in [1.29, 1.82) is 0 Å². The lowest BCUT2D eigenvalue weighted by Gasteiger charge is -2.21. The third-order valence-electron chi connectivity index (χ3n) is 3.23. The lowest BCUT2D eigenvalue weighted by Crippen LogP contribution is -2.30. The summed E-state index contributed by atoms with van der Waals surface area (Å²) in [6, 6.07) is 11.4. The van der Waals surface area contributed by atoms with E-state index >= 15 is 0 Å². The number of benzene rings is 2. The molecule has 0 aliphatic rings. The molecule has 0 spiro atoms. The van der Waals surface area contributed by atoms with Crippen LogP contribution in [0.1, 0.15) is 17.3 Å². The van der Waals surface area contributed by atoms with Gasteiger partial charge in [-0.1, -0.05) is 0 Å². The summed E-state index contributed by atoms with van der Waals surface area (Å²) < 4.78 is 35.8. The molecule has 0 heterocycles. The van der Waals surface area contributed by atoms with E-state index in [-0.39, 0.29) is 16.6 Å². The molecule has 0 aliphatic carbocycles. The van der Waals surface area contributed by atoms with Crippen LogP contribution in [0.3, 0.4) is 0 Å². The topological polar surface area (TPSA) is 54.5 Å². The molecule has 116 valence electrons. The monoisotopic (exact) mass is 321 g/mol. The molecule has 0 N–H and O–H groups in total. The van der Waals surface area contributed by atoms with Crippen molar-refractivity contribution in [1.82, 2.24) is 0 Å². The fourth-order valence-electron chi connectivity index (χ4n) is 2.07. The number of nitrogens with zero attached hydrogens (tertiary/aromatic N) is 1. The van der Waals surface area contributed by atoms with Crippen LogP contribution < -0.4 is 4.90 Å². The van der Waals surface area contributed by atoms with E-state index < -0.39 is 9.84 Å². The third kappa shape index (κ3) is 3.51. The highest BCUT2D eigenvalue weighted by atomic mass is 32.2. The lowest BCUT2D eigenvalue weighted by atomic mass is 10.2. The van der Waals surface area contributed by atoms with Gasteiger partial charge in [0.15, 0.2) is 9.84 Å². The predicted molar refractivity (Wildman–Crippen MR) is 83.3 cm³/mol. The largest absolute Gasteiger partial charge is 0.309 e. The van der Waals surface area contributed by atoms with E-state index in [2.05, 4.69) is 0 Å². The molecule has 0 bridgehead atoms. The van der Waals surface area contributed by atoms with Crippen LogP contribution in [0.15, 0.2) is 53.4 Å². The molecule has 2 aromatic rings. The van der Waals surface area contributed by atoms with Gasteiger partial charge in [0, 0.05) is 24.1 Å². The molecule has 0 atom stereocenters. The summed E-state index contributed by atoms with van der Waals surface area (Å²) in [5.41, 5.74) is 0.958. The summed E-state index contributed by atoms with van der Waals surface area (Å²) in [7, 11) is -3.29. The average molecular weight is 321 g/mol. The number of anilines is 1. The zero-order valence-electron chi connectivity index (χ0n) is 12.3. The van der Waals surface area contributed by atoms with Gasteiger partial charge in [-0.2, -0.15) is 0 Å². The molecule has 4 nitrogen and oxygen atoms in total. The van der Waals surface area contributed by atoms with Gasteiger partial charge < -0.3 is 4.90 Å². The highest BCUT2D eigenvalue weighted by molar-refractivity contribution is 7.90. The molecule has 2 aromatic carbocycles. The van der Waals surface area contributed by atoms with Crippen molar-refractivity contribution in [2.45, 2.75) is 11.8 Å². The molecule has 1 amide bonds. The SMILES string of the molecule is CCN(C(=O)c1ccc(S(C)(=O)=O)cc1)c1ccc(F)cc1. The fraction of sp³-hybridized carbons (Fsp3) is 0.188. The van der Waals surface area contributed by atoms with Crippen LogP contribution in [0.25, 0.3) is 0 Å². The zero-order valence-corrected chi connectivity index (χ0v) is 13.1. The number of sulfone groups is 1. The van der Waals surface area contributed by atoms with Gasteiger partial charge in [0.1, 0.15) is 5.82 Å². The van der Waals surface area contributed by atoms with Gasteiger partial charge in [-0.25, -0.2) is 12.8 Å². The van der Waals surface area contributed by atoms with E-state index in [1.807, 2.05) is 6.92 Å². The first-order chi connectivity index (χ1) is 10.3. The molecule has 0 aromatic heterocycles. The Labute approximate surface area is 129 Å². The molecule has 22 heavy (non-hydrogen) atoms. The van der Waals surface area contributed by atoms with Crippen molar-refractivity contribution in [3.05, 3.63) is 59.9 Å². The van der Waals surface area contributed by atoms with Gasteiger partial charge in [-0.15, -0.1) is 0 Å². The quantitative estimate of drug-likeness (QED) is 0.870. The van der Waals surface area contributed by atoms with Crippen molar-refractivity contribution in [3.63, 3.8) is 0 Å². The number of carbonyl (C=O) groups excluding carboxylic acids is 1. The minimum atomic E-state index is -3.29. The van der Waals surface area contributed by atoms with Gasteiger partial charge in [0.05, 0.1) is 4.90 Å². The maximum Gasteiger partial charge on any atom is 0.258 e. The Balaban J connectivity index is 2.30. The average Bonchev–Trinajstić information content (AvgIpc) is 2.49. The molecular formula is C16H16FNO3S. The van der Waals surface area contributed by atoms with Gasteiger partial charge in [-0.05, 0) is 55.5 Å². The Morgan fingerprint density at radius 1 is 1.05 bits per heavy atom. The van der Waals surface area contributed by atoms with E-state index in [1.165, 1.54) is 53.4 Å². The molecule has 0 aliphatic heterocycles. The van der Waals surface area contributed by atoms with Crippen LogP contribution in [-0.4, -0.2) is 27.1 Å². The highest BCUT2D eigenvalue weighted by Crippen LogP contribution is 2.19. The summed E-state index contributed by atoms with van der Waals surface area (Å²) in [5.74, 6) is -0.640. The molecule has 0 radical (unpaired) electrons. The summed E-state index contributed by atoms with van der Waals surface area (Å²) in [5, 5.41) is 0. The van der Waals surface area contributed by atoms with Gasteiger partial charge in [-0.3, -0.25) is 4.79 Å². The Bertz CT molecular complexity index is 768. The number of halogens is 1.